The van der Waals surface area contributed by atoms with Crippen LogP contribution >= 0.6 is 0 Å². The first-order valence-electron chi connectivity index (χ1n) is 5.12. The van der Waals surface area contributed by atoms with Crippen LogP contribution < -0.4 is 12.4 Å². The zero-order valence-corrected chi connectivity index (χ0v) is 14.9. The number of unbranched alkanes of at least 4 members (excludes halogenated alkanes) is 3. The first-order valence-corrected chi connectivity index (χ1v) is 5.12. The van der Waals surface area contributed by atoms with Crippen molar-refractivity contribution in [3.63, 3.8) is 0 Å². The number of rotatable bonds is 3. The molecule has 0 atom stereocenters. The van der Waals surface area contributed by atoms with Gasteiger partial charge in [-0.15, -0.1) is 0 Å². The van der Waals surface area contributed by atoms with Gasteiger partial charge in [-0.05, 0) is 0 Å². The third kappa shape index (κ3) is 111. The summed E-state index contributed by atoms with van der Waals surface area (Å²) in [5.74, 6) is 0. The Kier molecular flexibility index (Phi) is 100. The van der Waals surface area contributed by atoms with Gasteiger partial charge < -0.3 is 12.4 Å². The van der Waals surface area contributed by atoms with Gasteiger partial charge in [-0.1, -0.05) is 80.1 Å². The van der Waals surface area contributed by atoms with E-state index in [1.165, 1.54) is 19.3 Å². The minimum Gasteiger partial charge on any atom is -1.00 e. The molecular formula is C12H27ClPb-. The minimum absolute atomic E-state index is 0. The number of halogens is 1. The second-order valence-corrected chi connectivity index (χ2v) is 2.56. The fourth-order valence-electron chi connectivity index (χ4n) is 0. The topological polar surface area (TPSA) is 0 Å². The molecule has 0 heterocycles. The molecule has 0 N–H and O–H groups in total. The van der Waals surface area contributed by atoms with Crippen molar-refractivity contribution in [2.24, 2.45) is 0 Å². The molecule has 2 heteroatoms. The van der Waals surface area contributed by atoms with Crippen LogP contribution in [-0.4, -0.2) is 27.3 Å². The summed E-state index contributed by atoms with van der Waals surface area (Å²) in [7, 11) is 0. The molecule has 0 aromatic heterocycles. The molecule has 0 aromatic rings. The Hall–Kier alpha value is 1.21. The van der Waals surface area contributed by atoms with Crippen LogP contribution in [0.25, 0.3) is 0 Å². The normalized spacial score (nSPS) is 6.43. The van der Waals surface area contributed by atoms with Crippen LogP contribution in [0, 0.1) is 20.8 Å². The van der Waals surface area contributed by atoms with Gasteiger partial charge in [-0.3, -0.25) is 0 Å². The SMILES string of the molecule is [CH2]CCC.[CH2]CCC.[CH2]CCC.[Cl-].[Pb]. The van der Waals surface area contributed by atoms with Gasteiger partial charge in [0, 0.05) is 27.3 Å². The van der Waals surface area contributed by atoms with Gasteiger partial charge in [0.25, 0.3) is 0 Å². The predicted octanol–water partition coefficient (Wildman–Crippen LogP) is 1.48. The summed E-state index contributed by atoms with van der Waals surface area (Å²) in [6.45, 7) is 17.2. The van der Waals surface area contributed by atoms with E-state index in [-0.39, 0.29) is 39.7 Å². The van der Waals surface area contributed by atoms with Gasteiger partial charge in [0.15, 0.2) is 0 Å². The van der Waals surface area contributed by atoms with Crippen molar-refractivity contribution in [1.29, 1.82) is 0 Å². The summed E-state index contributed by atoms with van der Waals surface area (Å²) in [4.78, 5) is 0. The zero-order chi connectivity index (χ0) is 10.2. The summed E-state index contributed by atoms with van der Waals surface area (Å²) in [5, 5.41) is 0. The Labute approximate surface area is 119 Å². The van der Waals surface area contributed by atoms with Crippen LogP contribution in [0.2, 0.25) is 0 Å². The average molecular weight is 414 g/mol. The Morgan fingerprint density at radius 3 is 0.714 bits per heavy atom. The predicted molar refractivity (Wildman–Crippen MR) is 66.5 cm³/mol. The Morgan fingerprint density at radius 2 is 0.714 bits per heavy atom. The quantitative estimate of drug-likeness (QED) is 0.615. The van der Waals surface area contributed by atoms with E-state index in [1.54, 1.807) is 0 Å². The summed E-state index contributed by atoms with van der Waals surface area (Å²) >= 11 is 0. The van der Waals surface area contributed by atoms with E-state index in [0.29, 0.717) is 0 Å². The fourth-order valence-corrected chi connectivity index (χ4v) is 0. The molecule has 0 nitrogen and oxygen atoms in total. The number of hydrogen-bond acceptors (Lipinski definition) is 0. The van der Waals surface area contributed by atoms with Crippen molar-refractivity contribution in [3.8, 4) is 0 Å². The Bertz CT molecular complexity index is 25.8. The molecule has 0 bridgehead atoms. The summed E-state index contributed by atoms with van der Waals surface area (Å²) in [5.41, 5.74) is 0. The van der Waals surface area contributed by atoms with Gasteiger partial charge in [-0.2, -0.15) is 0 Å². The summed E-state index contributed by atoms with van der Waals surface area (Å²) in [6, 6.07) is 0. The van der Waals surface area contributed by atoms with E-state index in [0.717, 1.165) is 19.3 Å². The van der Waals surface area contributed by atoms with Gasteiger partial charge in [0.05, 0.1) is 0 Å². The van der Waals surface area contributed by atoms with Crippen LogP contribution in [0.1, 0.15) is 59.3 Å². The second kappa shape index (κ2) is 47.7. The third-order valence-electron chi connectivity index (χ3n) is 1.06. The van der Waals surface area contributed by atoms with Crippen LogP contribution in [0.4, 0.5) is 0 Å². The molecule has 0 unspecified atom stereocenters. The molecule has 0 saturated heterocycles. The van der Waals surface area contributed by atoms with Crippen molar-refractivity contribution >= 4 is 27.3 Å². The third-order valence-corrected chi connectivity index (χ3v) is 1.06. The number of hydrogen-bond donors (Lipinski definition) is 0. The van der Waals surface area contributed by atoms with Crippen LogP contribution in [0.3, 0.4) is 0 Å². The van der Waals surface area contributed by atoms with Crippen molar-refractivity contribution < 1.29 is 12.4 Å². The molecule has 0 fully saturated rings. The molecule has 0 rings (SSSR count). The average Bonchev–Trinajstić information content (AvgIpc) is 2.18. The van der Waals surface area contributed by atoms with E-state index in [2.05, 4.69) is 41.5 Å². The van der Waals surface area contributed by atoms with E-state index in [9.17, 15) is 0 Å². The van der Waals surface area contributed by atoms with E-state index < -0.39 is 0 Å². The van der Waals surface area contributed by atoms with Crippen molar-refractivity contribution in [3.05, 3.63) is 20.8 Å². The van der Waals surface area contributed by atoms with Gasteiger partial charge >= 0.3 is 0 Å². The second-order valence-electron chi connectivity index (χ2n) is 2.56. The first kappa shape index (κ1) is 29.5. The molecule has 0 aromatic carbocycles. The Balaban J connectivity index is -0.0000000270. The van der Waals surface area contributed by atoms with E-state index in [1.807, 2.05) is 0 Å². The molecule has 0 aliphatic heterocycles. The maximum absolute atomic E-state index is 3.60. The van der Waals surface area contributed by atoms with Crippen molar-refractivity contribution in [1.82, 2.24) is 0 Å². The zero-order valence-electron chi connectivity index (χ0n) is 10.2. The molecule has 0 aliphatic carbocycles. The maximum Gasteiger partial charge on any atom is 0 e. The van der Waals surface area contributed by atoms with Crippen molar-refractivity contribution in [2.75, 3.05) is 0 Å². The summed E-state index contributed by atoms with van der Waals surface area (Å²) < 4.78 is 0. The molecular weight excluding hydrogens is 387 g/mol. The fraction of sp³-hybridized carbons (Fsp3) is 0.750. The standard InChI is InChI=1S/3C4H9.ClH.Pb/c3*1-3-4-2;;/h3*1,3-4H2,2H3;1H;/p-1. The molecule has 87 valence electrons. The van der Waals surface area contributed by atoms with Crippen LogP contribution in [0.5, 0.6) is 0 Å². The van der Waals surface area contributed by atoms with Gasteiger partial charge in [0.1, 0.15) is 0 Å². The molecule has 0 saturated carbocycles. The monoisotopic (exact) mass is 414 g/mol. The molecule has 0 aliphatic rings. The van der Waals surface area contributed by atoms with Gasteiger partial charge in [-0.25, -0.2) is 0 Å². The van der Waals surface area contributed by atoms with Crippen LogP contribution in [0.15, 0.2) is 0 Å². The van der Waals surface area contributed by atoms with E-state index >= 15 is 0 Å². The van der Waals surface area contributed by atoms with Crippen LogP contribution in [-0.2, 0) is 0 Å². The molecule has 0 amide bonds. The summed E-state index contributed by atoms with van der Waals surface area (Å²) in [6.07, 6.45) is 6.83. The Morgan fingerprint density at radius 1 is 0.643 bits per heavy atom. The largest absolute Gasteiger partial charge is 1.00 e. The smallest absolute Gasteiger partial charge is 0 e. The first-order chi connectivity index (χ1) is 5.74. The van der Waals surface area contributed by atoms with E-state index in [4.69, 9.17) is 0 Å². The molecule has 7 radical (unpaired) electrons. The van der Waals surface area contributed by atoms with Gasteiger partial charge in [0.2, 0.25) is 0 Å². The molecule has 0 spiro atoms. The minimum atomic E-state index is 0. The maximum atomic E-state index is 3.60. The van der Waals surface area contributed by atoms with Crippen molar-refractivity contribution in [2.45, 2.75) is 59.3 Å². The molecule has 14 heavy (non-hydrogen) atoms.